The number of hydrogen-bond acceptors (Lipinski definition) is 3. The van der Waals surface area contributed by atoms with E-state index in [1.807, 2.05) is 6.92 Å². The molecule has 0 aromatic carbocycles. The molecule has 0 saturated carbocycles. The molecule has 52 valence electrons. The minimum absolute atomic E-state index is 0. The Morgan fingerprint density at radius 1 is 1.56 bits per heavy atom. The monoisotopic (exact) mass is 344 g/mol. The van der Waals surface area contributed by atoms with Crippen molar-refractivity contribution in [3.63, 3.8) is 0 Å². The zero-order valence-electron chi connectivity index (χ0n) is 5.12. The Bertz CT molecular complexity index is 174. The predicted octanol–water partition coefficient (Wildman–Crippen LogP) is 0.0918. The van der Waals surface area contributed by atoms with E-state index in [9.17, 15) is 8.42 Å². The molecule has 0 N–H and O–H groups in total. The maximum atomic E-state index is 10.2. The van der Waals surface area contributed by atoms with Crippen molar-refractivity contribution < 1.29 is 12.6 Å². The Morgan fingerprint density at radius 2 is 2.00 bits per heavy atom. The average molecular weight is 343 g/mol. The number of rotatable bonds is 2. The van der Waals surface area contributed by atoms with Crippen molar-refractivity contribution in [2.75, 3.05) is 0 Å². The van der Waals surface area contributed by atoms with Gasteiger partial charge in [-0.25, -0.2) is 4.18 Å². The van der Waals surface area contributed by atoms with Crippen LogP contribution in [0.3, 0.4) is 0 Å². The smallest absolute Gasteiger partial charge is 0.246 e. The molecule has 3 nitrogen and oxygen atoms in total. The van der Waals surface area contributed by atoms with Gasteiger partial charge in [0.25, 0.3) is 10.1 Å². The molecular weight excluding hydrogens is 335 g/mol. The Kier molecular flexibility index (Phi) is 3.59. The minimum atomic E-state index is -3.02. The fourth-order valence-electron chi connectivity index (χ4n) is 0.555. The predicted molar refractivity (Wildman–Crippen MR) is 34.5 cm³/mol. The third-order valence-electron chi connectivity index (χ3n) is 1.05. The molecule has 1 heterocycles. The van der Waals surface area contributed by atoms with Crippen LogP contribution in [0.1, 0.15) is 19.8 Å². The standard InChI is InChI=1S/C4H8O3S.Pb/c1-2-3-4-7-8(4,5)6;/h4H,2-3H2,1H3;. The van der Waals surface area contributed by atoms with Crippen molar-refractivity contribution >= 4 is 37.4 Å². The molecule has 0 amide bonds. The maximum absolute atomic E-state index is 10.2. The summed E-state index contributed by atoms with van der Waals surface area (Å²) in [5, 5.41) is 0. The molecule has 1 unspecified atom stereocenters. The quantitative estimate of drug-likeness (QED) is 0.527. The van der Waals surface area contributed by atoms with Gasteiger partial charge in [-0.2, -0.15) is 8.42 Å². The molecule has 1 aliphatic rings. The fourth-order valence-corrected chi connectivity index (χ4v) is 1.62. The molecule has 1 atom stereocenters. The van der Waals surface area contributed by atoms with Crippen LogP contribution in [0.2, 0.25) is 0 Å². The molecule has 1 rings (SSSR count). The van der Waals surface area contributed by atoms with Crippen molar-refractivity contribution in [2.45, 2.75) is 25.2 Å². The summed E-state index contributed by atoms with van der Waals surface area (Å²) in [6.07, 6.45) is 1.51. The normalized spacial score (nSPS) is 28.8. The van der Waals surface area contributed by atoms with Crippen LogP contribution in [0.4, 0.5) is 0 Å². The van der Waals surface area contributed by atoms with Gasteiger partial charge in [0.05, 0.1) is 0 Å². The zero-order valence-corrected chi connectivity index (χ0v) is 9.83. The first-order valence-electron chi connectivity index (χ1n) is 2.59. The van der Waals surface area contributed by atoms with Crippen LogP contribution >= 0.6 is 0 Å². The van der Waals surface area contributed by atoms with E-state index in [4.69, 9.17) is 0 Å². The van der Waals surface area contributed by atoms with E-state index in [-0.39, 0.29) is 27.3 Å². The molecule has 0 aliphatic carbocycles. The van der Waals surface area contributed by atoms with Crippen molar-refractivity contribution in [1.82, 2.24) is 0 Å². The van der Waals surface area contributed by atoms with Crippen LogP contribution < -0.4 is 0 Å². The summed E-state index contributed by atoms with van der Waals surface area (Å²) in [6, 6.07) is 0. The second kappa shape index (κ2) is 3.29. The van der Waals surface area contributed by atoms with Gasteiger partial charge >= 0.3 is 0 Å². The molecule has 5 heteroatoms. The zero-order chi connectivity index (χ0) is 6.20. The van der Waals surface area contributed by atoms with E-state index in [0.29, 0.717) is 6.42 Å². The van der Waals surface area contributed by atoms with E-state index in [1.165, 1.54) is 0 Å². The molecule has 1 saturated heterocycles. The summed E-state index contributed by atoms with van der Waals surface area (Å²) in [4.78, 5) is 0. The van der Waals surface area contributed by atoms with E-state index in [0.717, 1.165) is 6.42 Å². The van der Waals surface area contributed by atoms with E-state index in [2.05, 4.69) is 4.18 Å². The summed E-state index contributed by atoms with van der Waals surface area (Å²) >= 11 is 0. The van der Waals surface area contributed by atoms with Gasteiger partial charge in [-0.1, -0.05) is 13.3 Å². The SMILES string of the molecule is CCCC1OS1(=O)=O.[Pb]. The summed E-state index contributed by atoms with van der Waals surface area (Å²) in [5.74, 6) is 0. The first-order valence-corrected chi connectivity index (χ1v) is 4.06. The Morgan fingerprint density at radius 3 is 2.11 bits per heavy atom. The van der Waals surface area contributed by atoms with E-state index in [1.54, 1.807) is 0 Å². The molecule has 4 radical (unpaired) electrons. The molecule has 1 aliphatic heterocycles. The summed E-state index contributed by atoms with van der Waals surface area (Å²) in [7, 11) is -3.02. The van der Waals surface area contributed by atoms with Gasteiger partial charge in [-0.15, -0.1) is 0 Å². The van der Waals surface area contributed by atoms with Crippen LogP contribution in [0.15, 0.2) is 0 Å². The Balaban J connectivity index is 0.000000640. The van der Waals surface area contributed by atoms with Crippen molar-refractivity contribution in [1.29, 1.82) is 0 Å². The molecule has 9 heavy (non-hydrogen) atoms. The fraction of sp³-hybridized carbons (Fsp3) is 1.00. The second-order valence-corrected chi connectivity index (χ2v) is 3.51. The van der Waals surface area contributed by atoms with E-state index < -0.39 is 15.6 Å². The largest absolute Gasteiger partial charge is 0.297 e. The first kappa shape index (κ1) is 9.83. The van der Waals surface area contributed by atoms with Crippen LogP contribution in [-0.2, 0) is 14.3 Å². The maximum Gasteiger partial charge on any atom is 0.297 e. The first-order chi connectivity index (χ1) is 3.67. The molecule has 1 fully saturated rings. The van der Waals surface area contributed by atoms with Crippen LogP contribution in [0.5, 0.6) is 0 Å². The minimum Gasteiger partial charge on any atom is -0.246 e. The second-order valence-electron chi connectivity index (χ2n) is 1.81. The van der Waals surface area contributed by atoms with Crippen LogP contribution in [-0.4, -0.2) is 41.2 Å². The summed E-state index contributed by atoms with van der Waals surface area (Å²) in [6.45, 7) is 1.93. The van der Waals surface area contributed by atoms with Gasteiger partial charge in [0.1, 0.15) is 0 Å². The van der Waals surface area contributed by atoms with E-state index >= 15 is 0 Å². The van der Waals surface area contributed by atoms with Gasteiger partial charge in [-0.05, 0) is 6.42 Å². The molecule has 0 spiro atoms. The van der Waals surface area contributed by atoms with Crippen molar-refractivity contribution in [3.8, 4) is 0 Å². The molecule has 0 aromatic heterocycles. The van der Waals surface area contributed by atoms with Crippen molar-refractivity contribution in [2.24, 2.45) is 0 Å². The Hall–Kier alpha value is 0.832. The van der Waals surface area contributed by atoms with Crippen LogP contribution in [0, 0.1) is 0 Å². The molecular formula is C4H8O3PbS. The third-order valence-corrected chi connectivity index (χ3v) is 2.34. The molecule has 0 aromatic rings. The third kappa shape index (κ3) is 2.50. The molecule has 0 bridgehead atoms. The summed E-state index contributed by atoms with van der Waals surface area (Å²) in [5.41, 5.74) is -0.465. The summed E-state index contributed by atoms with van der Waals surface area (Å²) < 4.78 is 24.8. The number of hydrogen-bond donors (Lipinski definition) is 0. The average Bonchev–Trinajstić information content (AvgIpc) is 2.15. The van der Waals surface area contributed by atoms with Gasteiger partial charge in [0.2, 0.25) is 5.44 Å². The topological polar surface area (TPSA) is 46.7 Å². The Labute approximate surface area is 75.1 Å². The van der Waals surface area contributed by atoms with Gasteiger partial charge in [0.15, 0.2) is 0 Å². The van der Waals surface area contributed by atoms with Gasteiger partial charge in [0, 0.05) is 27.3 Å². The van der Waals surface area contributed by atoms with Gasteiger partial charge in [-0.3, -0.25) is 0 Å². The van der Waals surface area contributed by atoms with Gasteiger partial charge < -0.3 is 0 Å². The van der Waals surface area contributed by atoms with Crippen LogP contribution in [0.25, 0.3) is 0 Å². The van der Waals surface area contributed by atoms with Crippen molar-refractivity contribution in [3.05, 3.63) is 0 Å².